The van der Waals surface area contributed by atoms with Crippen LogP contribution in [0.4, 0.5) is 0 Å². The standard InChI is InChI=1S/C12H11N3O2/c16-12(14-8-4-5-8)10-7-11(17-15-10)9-3-1-2-6-13-9/h1-3,6-8H,4-5H2,(H,14,16). The second kappa shape index (κ2) is 4.01. The quantitative estimate of drug-likeness (QED) is 0.868. The Balaban J connectivity index is 1.80. The van der Waals surface area contributed by atoms with Crippen molar-refractivity contribution in [3.8, 4) is 11.5 Å². The van der Waals surface area contributed by atoms with E-state index in [0.29, 0.717) is 23.2 Å². The van der Waals surface area contributed by atoms with E-state index in [0.717, 1.165) is 12.8 Å². The molecule has 1 aliphatic rings. The largest absolute Gasteiger partial charge is 0.354 e. The maximum Gasteiger partial charge on any atom is 0.273 e. The van der Waals surface area contributed by atoms with Gasteiger partial charge in [-0.15, -0.1) is 0 Å². The summed E-state index contributed by atoms with van der Waals surface area (Å²) in [7, 11) is 0. The van der Waals surface area contributed by atoms with Crippen LogP contribution in [-0.4, -0.2) is 22.1 Å². The van der Waals surface area contributed by atoms with Gasteiger partial charge in [0.1, 0.15) is 5.69 Å². The van der Waals surface area contributed by atoms with Gasteiger partial charge < -0.3 is 9.84 Å². The van der Waals surface area contributed by atoms with E-state index >= 15 is 0 Å². The summed E-state index contributed by atoms with van der Waals surface area (Å²) in [5, 5.41) is 6.60. The molecule has 5 heteroatoms. The summed E-state index contributed by atoms with van der Waals surface area (Å²) in [6.45, 7) is 0. The number of carbonyl (C=O) groups is 1. The monoisotopic (exact) mass is 229 g/mol. The van der Waals surface area contributed by atoms with Crippen molar-refractivity contribution in [1.29, 1.82) is 0 Å². The van der Waals surface area contributed by atoms with Crippen molar-refractivity contribution in [1.82, 2.24) is 15.5 Å². The average Bonchev–Trinajstić information content (AvgIpc) is 3.04. The van der Waals surface area contributed by atoms with E-state index in [9.17, 15) is 4.79 Å². The van der Waals surface area contributed by atoms with Gasteiger partial charge in [-0.25, -0.2) is 0 Å². The van der Waals surface area contributed by atoms with Crippen LogP contribution < -0.4 is 5.32 Å². The second-order valence-electron chi connectivity index (χ2n) is 4.04. The molecule has 2 aromatic rings. The third-order valence-corrected chi connectivity index (χ3v) is 2.57. The van der Waals surface area contributed by atoms with E-state index in [4.69, 9.17) is 4.52 Å². The minimum absolute atomic E-state index is 0.182. The molecule has 5 nitrogen and oxygen atoms in total. The lowest BCUT2D eigenvalue weighted by Crippen LogP contribution is -2.25. The van der Waals surface area contributed by atoms with E-state index in [1.54, 1.807) is 12.3 Å². The van der Waals surface area contributed by atoms with E-state index in [1.165, 1.54) is 0 Å². The summed E-state index contributed by atoms with van der Waals surface area (Å²) in [6.07, 6.45) is 3.77. The van der Waals surface area contributed by atoms with E-state index in [-0.39, 0.29) is 5.91 Å². The maximum atomic E-state index is 11.7. The summed E-state index contributed by atoms with van der Waals surface area (Å²) in [4.78, 5) is 15.8. The number of rotatable bonds is 3. The Hall–Kier alpha value is -2.17. The Labute approximate surface area is 97.8 Å². The third-order valence-electron chi connectivity index (χ3n) is 2.57. The normalized spacial score (nSPS) is 14.6. The third kappa shape index (κ3) is 2.18. The molecule has 0 saturated heterocycles. The van der Waals surface area contributed by atoms with Crippen molar-refractivity contribution >= 4 is 5.91 Å². The van der Waals surface area contributed by atoms with Crippen LogP contribution in [0.3, 0.4) is 0 Å². The number of hydrogen-bond donors (Lipinski definition) is 1. The smallest absolute Gasteiger partial charge is 0.273 e. The van der Waals surface area contributed by atoms with E-state index in [2.05, 4.69) is 15.5 Å². The minimum atomic E-state index is -0.182. The summed E-state index contributed by atoms with van der Waals surface area (Å²) in [5.74, 6) is 0.324. The molecule has 0 aliphatic heterocycles. The Kier molecular flexibility index (Phi) is 2.36. The van der Waals surface area contributed by atoms with Crippen LogP contribution in [0, 0.1) is 0 Å². The van der Waals surface area contributed by atoms with Gasteiger partial charge in [0.05, 0.1) is 0 Å². The lowest BCUT2D eigenvalue weighted by atomic mass is 10.2. The first kappa shape index (κ1) is 10.0. The van der Waals surface area contributed by atoms with Gasteiger partial charge in [0.25, 0.3) is 5.91 Å². The number of nitrogens with zero attached hydrogens (tertiary/aromatic N) is 2. The van der Waals surface area contributed by atoms with Gasteiger partial charge in [-0.05, 0) is 25.0 Å². The van der Waals surface area contributed by atoms with Crippen LogP contribution >= 0.6 is 0 Å². The first-order valence-electron chi connectivity index (χ1n) is 5.52. The molecule has 0 bridgehead atoms. The molecule has 0 atom stereocenters. The molecule has 1 amide bonds. The second-order valence-corrected chi connectivity index (χ2v) is 4.04. The van der Waals surface area contributed by atoms with Crippen molar-refractivity contribution in [3.05, 3.63) is 36.2 Å². The highest BCUT2D eigenvalue weighted by molar-refractivity contribution is 5.93. The van der Waals surface area contributed by atoms with E-state index in [1.807, 2.05) is 18.2 Å². The zero-order chi connectivity index (χ0) is 11.7. The Morgan fingerprint density at radius 3 is 3.00 bits per heavy atom. The first-order chi connectivity index (χ1) is 8.33. The van der Waals surface area contributed by atoms with Gasteiger partial charge in [0.2, 0.25) is 0 Å². The van der Waals surface area contributed by atoms with E-state index < -0.39 is 0 Å². The molecule has 1 saturated carbocycles. The summed E-state index contributed by atoms with van der Waals surface area (Å²) in [5.41, 5.74) is 0.975. The summed E-state index contributed by atoms with van der Waals surface area (Å²) >= 11 is 0. The van der Waals surface area contributed by atoms with Crippen LogP contribution in [-0.2, 0) is 0 Å². The molecule has 0 aromatic carbocycles. The fraction of sp³-hybridized carbons (Fsp3) is 0.250. The van der Waals surface area contributed by atoms with Crippen LogP contribution in [0.2, 0.25) is 0 Å². The van der Waals surface area contributed by atoms with Crippen LogP contribution in [0.15, 0.2) is 35.0 Å². The SMILES string of the molecule is O=C(NC1CC1)c1cc(-c2ccccn2)on1. The average molecular weight is 229 g/mol. The van der Waals surface area contributed by atoms with Gasteiger partial charge in [-0.3, -0.25) is 9.78 Å². The number of carbonyl (C=O) groups excluding carboxylic acids is 1. The molecular weight excluding hydrogens is 218 g/mol. The molecule has 1 N–H and O–H groups in total. The van der Waals surface area contributed by atoms with Gasteiger partial charge in [0.15, 0.2) is 11.5 Å². The van der Waals surface area contributed by atoms with Crippen molar-refractivity contribution in [3.63, 3.8) is 0 Å². The van der Waals surface area contributed by atoms with Gasteiger partial charge >= 0.3 is 0 Å². The Morgan fingerprint density at radius 2 is 2.29 bits per heavy atom. The molecule has 17 heavy (non-hydrogen) atoms. The topological polar surface area (TPSA) is 68.0 Å². The predicted molar refractivity (Wildman–Crippen MR) is 60.2 cm³/mol. The van der Waals surface area contributed by atoms with Crippen molar-refractivity contribution < 1.29 is 9.32 Å². The zero-order valence-corrected chi connectivity index (χ0v) is 9.09. The number of pyridine rings is 1. The number of amides is 1. The number of hydrogen-bond acceptors (Lipinski definition) is 4. The van der Waals surface area contributed by atoms with Crippen LogP contribution in [0.5, 0.6) is 0 Å². The van der Waals surface area contributed by atoms with Crippen molar-refractivity contribution in [2.75, 3.05) is 0 Å². The van der Waals surface area contributed by atoms with Gasteiger partial charge in [-0.2, -0.15) is 0 Å². The first-order valence-corrected chi connectivity index (χ1v) is 5.52. The zero-order valence-electron chi connectivity index (χ0n) is 9.09. The van der Waals surface area contributed by atoms with Gasteiger partial charge in [-0.1, -0.05) is 11.2 Å². The molecule has 0 unspecified atom stereocenters. The summed E-state index contributed by atoms with van der Waals surface area (Å²) < 4.78 is 5.10. The number of aromatic nitrogens is 2. The Morgan fingerprint density at radius 1 is 1.41 bits per heavy atom. The molecule has 2 aromatic heterocycles. The maximum absolute atomic E-state index is 11.7. The molecule has 0 spiro atoms. The minimum Gasteiger partial charge on any atom is -0.354 e. The molecule has 2 heterocycles. The molecular formula is C12H11N3O2. The fourth-order valence-corrected chi connectivity index (χ4v) is 1.50. The van der Waals surface area contributed by atoms with Crippen molar-refractivity contribution in [2.24, 2.45) is 0 Å². The summed E-state index contributed by atoms with van der Waals surface area (Å²) in [6, 6.07) is 7.41. The lowest BCUT2D eigenvalue weighted by molar-refractivity contribution is 0.0942. The highest BCUT2D eigenvalue weighted by Crippen LogP contribution is 2.21. The van der Waals surface area contributed by atoms with Crippen molar-refractivity contribution in [2.45, 2.75) is 18.9 Å². The highest BCUT2D eigenvalue weighted by Gasteiger charge is 2.25. The molecule has 0 radical (unpaired) electrons. The highest BCUT2D eigenvalue weighted by atomic mass is 16.5. The predicted octanol–water partition coefficient (Wildman–Crippen LogP) is 1.63. The molecule has 86 valence electrons. The van der Waals surface area contributed by atoms with Crippen LogP contribution in [0.25, 0.3) is 11.5 Å². The van der Waals surface area contributed by atoms with Crippen LogP contribution in [0.1, 0.15) is 23.3 Å². The lowest BCUT2D eigenvalue weighted by Gasteiger charge is -1.96. The molecule has 3 rings (SSSR count). The Bertz CT molecular complexity index is 532. The fourth-order valence-electron chi connectivity index (χ4n) is 1.50. The van der Waals surface area contributed by atoms with Gasteiger partial charge in [0, 0.05) is 18.3 Å². The molecule has 1 fully saturated rings. The number of nitrogens with one attached hydrogen (secondary N) is 1. The molecule has 1 aliphatic carbocycles.